The molecule has 2 fully saturated rings. The van der Waals surface area contributed by atoms with E-state index < -0.39 is 6.17 Å². The summed E-state index contributed by atoms with van der Waals surface area (Å²) in [6.07, 6.45) is 0.934. The van der Waals surface area contributed by atoms with E-state index in [1.807, 2.05) is 26.5 Å². The number of hydrogen-bond acceptors (Lipinski definition) is 6. The summed E-state index contributed by atoms with van der Waals surface area (Å²) >= 11 is 0. The number of halogens is 1. The third-order valence-corrected chi connectivity index (χ3v) is 6.71. The van der Waals surface area contributed by atoms with Crippen LogP contribution >= 0.6 is 0 Å². The fourth-order valence-electron chi connectivity index (χ4n) is 5.15. The van der Waals surface area contributed by atoms with Gasteiger partial charge in [0, 0.05) is 56.4 Å². The van der Waals surface area contributed by atoms with Crippen LogP contribution in [0.15, 0.2) is 21.6 Å². The van der Waals surface area contributed by atoms with Gasteiger partial charge in [0.15, 0.2) is 0 Å². The Morgan fingerprint density at radius 2 is 2.10 bits per heavy atom. The Morgan fingerprint density at radius 1 is 1.23 bits per heavy atom. The second kappa shape index (κ2) is 7.61. The van der Waals surface area contributed by atoms with E-state index in [-0.39, 0.29) is 29.7 Å². The normalized spacial score (nSPS) is 26.1. The zero-order chi connectivity index (χ0) is 20.8. The van der Waals surface area contributed by atoms with Gasteiger partial charge in [0.25, 0.3) is 5.56 Å². The minimum atomic E-state index is -0.787. The summed E-state index contributed by atoms with van der Waals surface area (Å²) in [7, 11) is 0. The molecule has 2 aromatic heterocycles. The second-order valence-corrected chi connectivity index (χ2v) is 8.89. The molecule has 30 heavy (non-hydrogen) atoms. The number of likely N-dealkylation sites (tertiary alicyclic amines) is 2. The van der Waals surface area contributed by atoms with E-state index in [0.717, 1.165) is 17.7 Å². The molecule has 160 valence electrons. The molecule has 0 N–H and O–H groups in total. The van der Waals surface area contributed by atoms with Gasteiger partial charge >= 0.3 is 0 Å². The Labute approximate surface area is 173 Å². The van der Waals surface area contributed by atoms with E-state index in [1.54, 1.807) is 6.92 Å². The summed E-state index contributed by atoms with van der Waals surface area (Å²) in [5.41, 5.74) is 2.99. The van der Waals surface area contributed by atoms with Crippen LogP contribution in [-0.4, -0.2) is 62.9 Å². The largest absolute Gasteiger partial charge is 0.341 e. The van der Waals surface area contributed by atoms with Crippen molar-refractivity contribution in [3.63, 3.8) is 0 Å². The average molecular weight is 415 g/mol. The lowest BCUT2D eigenvalue weighted by Gasteiger charge is -2.43. The number of carbonyl (C=O) groups is 1. The molecule has 0 aromatic carbocycles. The molecule has 0 aliphatic carbocycles. The van der Waals surface area contributed by atoms with Crippen LogP contribution in [0.4, 0.5) is 4.39 Å². The summed E-state index contributed by atoms with van der Waals surface area (Å²) in [6.45, 7) is 5.26. The fourth-order valence-corrected chi connectivity index (χ4v) is 5.15. The van der Waals surface area contributed by atoms with Crippen molar-refractivity contribution >= 4 is 5.91 Å². The van der Waals surface area contributed by atoms with Crippen LogP contribution in [0.3, 0.4) is 0 Å². The van der Waals surface area contributed by atoms with Crippen LogP contribution in [0.1, 0.15) is 41.4 Å². The Balaban J connectivity index is 1.33. The number of aryl methyl sites for hydroxylation is 1. The van der Waals surface area contributed by atoms with Gasteiger partial charge in [-0.05, 0) is 31.7 Å². The van der Waals surface area contributed by atoms with Crippen molar-refractivity contribution in [1.82, 2.24) is 24.7 Å². The number of rotatable bonds is 4. The molecule has 2 aromatic rings. The monoisotopic (exact) mass is 415 g/mol. The molecule has 8 nitrogen and oxygen atoms in total. The van der Waals surface area contributed by atoms with E-state index in [0.29, 0.717) is 57.1 Å². The predicted molar refractivity (Wildman–Crippen MR) is 106 cm³/mol. The number of aromatic nitrogens is 3. The maximum atomic E-state index is 13.5. The Morgan fingerprint density at radius 3 is 2.83 bits per heavy atom. The van der Waals surface area contributed by atoms with Crippen molar-refractivity contribution in [2.24, 2.45) is 5.92 Å². The number of carbonyl (C=O) groups excluding carboxylic acids is 1. The fraction of sp³-hybridized carbons (Fsp3) is 0.619. The SMILES string of the molecule is Cc1nonc1CC(=O)N1C[C@@H]2C[C@H](C1)c1ccc(CN3CC[C@H](F)C3)c(=O)n1C2. The molecule has 0 unspecified atom stereocenters. The van der Waals surface area contributed by atoms with E-state index >= 15 is 0 Å². The molecule has 9 heteroatoms. The zero-order valence-electron chi connectivity index (χ0n) is 17.1. The third kappa shape index (κ3) is 3.55. The minimum Gasteiger partial charge on any atom is -0.341 e. The van der Waals surface area contributed by atoms with E-state index in [1.165, 1.54) is 0 Å². The first-order valence-corrected chi connectivity index (χ1v) is 10.6. The summed E-state index contributed by atoms with van der Waals surface area (Å²) in [4.78, 5) is 29.8. The molecule has 3 atom stereocenters. The molecule has 5 heterocycles. The van der Waals surface area contributed by atoms with Gasteiger partial charge in [0.05, 0.1) is 6.42 Å². The smallest absolute Gasteiger partial charge is 0.255 e. The van der Waals surface area contributed by atoms with Gasteiger partial charge in [-0.2, -0.15) is 0 Å². The summed E-state index contributed by atoms with van der Waals surface area (Å²) in [5, 5.41) is 7.56. The van der Waals surface area contributed by atoms with Gasteiger partial charge < -0.3 is 9.47 Å². The molecular formula is C21H26FN5O3. The highest BCUT2D eigenvalue weighted by atomic mass is 19.1. The average Bonchev–Trinajstić information content (AvgIpc) is 3.32. The molecule has 2 bridgehead atoms. The molecule has 2 saturated heterocycles. The molecule has 3 aliphatic rings. The molecule has 0 saturated carbocycles. The van der Waals surface area contributed by atoms with Crippen LogP contribution in [0.25, 0.3) is 0 Å². The number of hydrogen-bond donors (Lipinski definition) is 0. The van der Waals surface area contributed by atoms with Crippen molar-refractivity contribution in [2.75, 3.05) is 26.2 Å². The van der Waals surface area contributed by atoms with E-state index in [4.69, 9.17) is 4.63 Å². The van der Waals surface area contributed by atoms with Gasteiger partial charge in [-0.1, -0.05) is 16.4 Å². The zero-order valence-corrected chi connectivity index (χ0v) is 17.1. The van der Waals surface area contributed by atoms with Gasteiger partial charge in [0.2, 0.25) is 5.91 Å². The lowest BCUT2D eigenvalue weighted by atomic mass is 9.82. The van der Waals surface area contributed by atoms with Crippen LogP contribution in [0.2, 0.25) is 0 Å². The van der Waals surface area contributed by atoms with Crippen LogP contribution in [-0.2, 0) is 24.3 Å². The van der Waals surface area contributed by atoms with Gasteiger partial charge in [-0.25, -0.2) is 9.02 Å². The van der Waals surface area contributed by atoms with Crippen LogP contribution in [0, 0.1) is 12.8 Å². The minimum absolute atomic E-state index is 0.0192. The quantitative estimate of drug-likeness (QED) is 0.748. The maximum Gasteiger partial charge on any atom is 0.255 e. The van der Waals surface area contributed by atoms with Gasteiger partial charge in [0.1, 0.15) is 17.6 Å². The van der Waals surface area contributed by atoms with Crippen LogP contribution < -0.4 is 5.56 Å². The summed E-state index contributed by atoms with van der Waals surface area (Å²) in [5.74, 6) is 0.430. The first-order chi connectivity index (χ1) is 14.5. The van der Waals surface area contributed by atoms with Gasteiger partial charge in [-0.3, -0.25) is 14.5 Å². The number of piperidine rings is 1. The maximum absolute atomic E-state index is 13.5. The molecular weight excluding hydrogens is 389 g/mol. The lowest BCUT2D eigenvalue weighted by molar-refractivity contribution is -0.133. The summed E-state index contributed by atoms with van der Waals surface area (Å²) in [6, 6.07) is 3.92. The number of nitrogens with zero attached hydrogens (tertiary/aromatic N) is 5. The standard InChI is InChI=1S/C21H26FN5O3/c1-13-18(24-30-23-13)7-20(28)26-8-14-6-16(11-26)19-3-2-15(21(29)27(19)9-14)10-25-5-4-17(22)12-25/h2-3,14,16-17H,4-12H2,1H3/t14-,16+,17-/m0/s1. The Hall–Kier alpha value is -2.55. The highest BCUT2D eigenvalue weighted by molar-refractivity contribution is 5.78. The molecule has 5 rings (SSSR count). The van der Waals surface area contributed by atoms with Crippen molar-refractivity contribution in [3.8, 4) is 0 Å². The lowest BCUT2D eigenvalue weighted by Crippen LogP contribution is -2.50. The van der Waals surface area contributed by atoms with Crippen LogP contribution in [0.5, 0.6) is 0 Å². The first kappa shape index (κ1) is 19.4. The topological polar surface area (TPSA) is 84.5 Å². The van der Waals surface area contributed by atoms with E-state index in [9.17, 15) is 14.0 Å². The summed E-state index contributed by atoms with van der Waals surface area (Å²) < 4.78 is 20.1. The third-order valence-electron chi connectivity index (χ3n) is 6.71. The Kier molecular flexibility index (Phi) is 4.92. The molecule has 0 spiro atoms. The Bertz CT molecular complexity index is 1020. The molecule has 3 aliphatic heterocycles. The first-order valence-electron chi connectivity index (χ1n) is 10.6. The molecule has 0 radical (unpaired) electrons. The number of amides is 1. The highest BCUT2D eigenvalue weighted by Gasteiger charge is 2.37. The van der Waals surface area contributed by atoms with E-state index in [2.05, 4.69) is 10.3 Å². The van der Waals surface area contributed by atoms with Crippen molar-refractivity contribution in [3.05, 3.63) is 45.1 Å². The second-order valence-electron chi connectivity index (χ2n) is 8.89. The molecule has 1 amide bonds. The van der Waals surface area contributed by atoms with Crippen molar-refractivity contribution in [1.29, 1.82) is 0 Å². The predicted octanol–water partition coefficient (Wildman–Crippen LogP) is 1.27. The van der Waals surface area contributed by atoms with Crippen molar-refractivity contribution < 1.29 is 13.8 Å². The van der Waals surface area contributed by atoms with Gasteiger partial charge in [-0.15, -0.1) is 0 Å². The number of alkyl halides is 1. The number of fused-ring (bicyclic) bond motifs is 4. The van der Waals surface area contributed by atoms with Crippen molar-refractivity contribution in [2.45, 2.75) is 51.4 Å². The highest BCUT2D eigenvalue weighted by Crippen LogP contribution is 2.35. The number of pyridine rings is 1.